The summed E-state index contributed by atoms with van der Waals surface area (Å²) in [6, 6.07) is 5.92. The van der Waals surface area contributed by atoms with Gasteiger partial charge in [0.05, 0.1) is 25.3 Å². The molecule has 168 valence electrons. The highest BCUT2D eigenvalue weighted by Crippen LogP contribution is 2.30. The summed E-state index contributed by atoms with van der Waals surface area (Å²) in [6.07, 6.45) is 5.00. The summed E-state index contributed by atoms with van der Waals surface area (Å²) in [5.74, 6) is -0.619. The monoisotopic (exact) mass is 447 g/mol. The number of hydrogen-bond donors (Lipinski definition) is 0. The molecule has 2 aliphatic heterocycles. The number of nitrogens with zero attached hydrogens (tertiary/aromatic N) is 3. The van der Waals surface area contributed by atoms with Gasteiger partial charge < -0.3 is 9.64 Å². The van der Waals surface area contributed by atoms with Crippen LogP contribution in [0.4, 0.5) is 5.69 Å². The highest BCUT2D eigenvalue weighted by Gasteiger charge is 2.45. The van der Waals surface area contributed by atoms with Crippen molar-refractivity contribution in [3.05, 3.63) is 29.3 Å². The van der Waals surface area contributed by atoms with Crippen molar-refractivity contribution in [3.8, 4) is 0 Å². The smallest absolute Gasteiger partial charge is 0.257 e. The van der Waals surface area contributed by atoms with E-state index < -0.39 is 6.04 Å². The molecule has 0 spiro atoms. The molecule has 31 heavy (non-hydrogen) atoms. The first-order valence-corrected chi connectivity index (χ1v) is 11.7. The van der Waals surface area contributed by atoms with Gasteiger partial charge in [0.2, 0.25) is 11.8 Å². The van der Waals surface area contributed by atoms with Crippen molar-refractivity contribution < 1.29 is 19.1 Å². The molecule has 1 aromatic carbocycles. The standard InChI is InChI=1S/C23H30ClN3O4/c24-18-6-8-19(9-7-18)27-21(28)16-20(23(27)30)26(11-10-25-12-14-31-15-13-25)22(29)17-4-2-1-3-5-17/h6-9,17,20H,1-5,10-16H2. The molecular weight excluding hydrogens is 418 g/mol. The van der Waals surface area contributed by atoms with E-state index in [2.05, 4.69) is 4.90 Å². The first-order valence-electron chi connectivity index (χ1n) is 11.3. The van der Waals surface area contributed by atoms with Crippen LogP contribution in [-0.4, -0.2) is 73.0 Å². The van der Waals surface area contributed by atoms with Crippen LogP contribution >= 0.6 is 11.6 Å². The molecule has 1 aliphatic carbocycles. The van der Waals surface area contributed by atoms with Crippen molar-refractivity contribution in [3.63, 3.8) is 0 Å². The molecule has 8 heteroatoms. The van der Waals surface area contributed by atoms with E-state index in [4.69, 9.17) is 16.3 Å². The fourth-order valence-corrected chi connectivity index (χ4v) is 4.92. The lowest BCUT2D eigenvalue weighted by Crippen LogP contribution is -2.51. The molecular formula is C23H30ClN3O4. The highest BCUT2D eigenvalue weighted by molar-refractivity contribution is 6.30. The predicted octanol–water partition coefficient (Wildman–Crippen LogP) is 2.71. The van der Waals surface area contributed by atoms with Crippen LogP contribution < -0.4 is 4.90 Å². The minimum atomic E-state index is -0.737. The van der Waals surface area contributed by atoms with E-state index in [1.54, 1.807) is 29.2 Å². The maximum Gasteiger partial charge on any atom is 0.257 e. The third-order valence-corrected chi connectivity index (χ3v) is 6.83. The predicted molar refractivity (Wildman–Crippen MR) is 118 cm³/mol. The average Bonchev–Trinajstić information content (AvgIpc) is 3.09. The fourth-order valence-electron chi connectivity index (χ4n) is 4.80. The summed E-state index contributed by atoms with van der Waals surface area (Å²) >= 11 is 5.96. The Morgan fingerprint density at radius 2 is 1.74 bits per heavy atom. The number of halogens is 1. The number of carbonyl (C=O) groups is 3. The van der Waals surface area contributed by atoms with Crippen LogP contribution in [-0.2, 0) is 19.1 Å². The SMILES string of the molecule is O=C1CC(N(CCN2CCOCC2)C(=O)C2CCCCC2)C(=O)N1c1ccc(Cl)cc1. The minimum Gasteiger partial charge on any atom is -0.379 e. The number of anilines is 1. The molecule has 1 atom stereocenters. The maximum absolute atomic E-state index is 13.5. The summed E-state index contributed by atoms with van der Waals surface area (Å²) in [5.41, 5.74) is 0.500. The van der Waals surface area contributed by atoms with E-state index in [1.165, 1.54) is 4.90 Å². The minimum absolute atomic E-state index is 0.0251. The average molecular weight is 448 g/mol. The third-order valence-electron chi connectivity index (χ3n) is 6.58. The lowest BCUT2D eigenvalue weighted by Gasteiger charge is -2.35. The Morgan fingerprint density at radius 1 is 1.06 bits per heavy atom. The zero-order chi connectivity index (χ0) is 21.8. The molecule has 1 aromatic rings. The fraction of sp³-hybridized carbons (Fsp3) is 0.609. The zero-order valence-corrected chi connectivity index (χ0v) is 18.6. The van der Waals surface area contributed by atoms with Gasteiger partial charge in [-0.15, -0.1) is 0 Å². The summed E-state index contributed by atoms with van der Waals surface area (Å²) in [7, 11) is 0. The number of ether oxygens (including phenoxy) is 1. The molecule has 7 nitrogen and oxygen atoms in total. The second-order valence-electron chi connectivity index (χ2n) is 8.58. The Hall–Kier alpha value is -1.96. The maximum atomic E-state index is 13.5. The topological polar surface area (TPSA) is 70.2 Å². The van der Waals surface area contributed by atoms with Gasteiger partial charge in [0, 0.05) is 37.1 Å². The van der Waals surface area contributed by atoms with Gasteiger partial charge >= 0.3 is 0 Å². The van der Waals surface area contributed by atoms with E-state index in [0.717, 1.165) is 45.2 Å². The largest absolute Gasteiger partial charge is 0.379 e. The number of benzene rings is 1. The first-order chi connectivity index (χ1) is 15.0. The zero-order valence-electron chi connectivity index (χ0n) is 17.8. The van der Waals surface area contributed by atoms with Crippen LogP contribution in [0.5, 0.6) is 0 Å². The van der Waals surface area contributed by atoms with Crippen molar-refractivity contribution in [1.29, 1.82) is 0 Å². The second kappa shape index (κ2) is 10.1. The summed E-state index contributed by atoms with van der Waals surface area (Å²) in [4.78, 5) is 44.8. The van der Waals surface area contributed by atoms with Crippen LogP contribution in [0.15, 0.2) is 24.3 Å². The van der Waals surface area contributed by atoms with Crippen molar-refractivity contribution >= 4 is 35.0 Å². The molecule has 2 saturated heterocycles. The van der Waals surface area contributed by atoms with Crippen molar-refractivity contribution in [1.82, 2.24) is 9.80 Å². The van der Waals surface area contributed by atoms with E-state index >= 15 is 0 Å². The number of carbonyl (C=O) groups excluding carboxylic acids is 3. The Bertz CT molecular complexity index is 804. The van der Waals surface area contributed by atoms with Crippen molar-refractivity contribution in [2.45, 2.75) is 44.6 Å². The summed E-state index contributed by atoms with van der Waals surface area (Å²) in [5, 5.41) is 0.541. The Labute approximate surface area is 188 Å². The van der Waals surface area contributed by atoms with Gasteiger partial charge in [-0.2, -0.15) is 0 Å². The van der Waals surface area contributed by atoms with E-state index in [9.17, 15) is 14.4 Å². The first kappa shape index (κ1) is 22.2. The Kier molecular flexibility index (Phi) is 7.25. The van der Waals surface area contributed by atoms with E-state index in [-0.39, 0.29) is 30.1 Å². The second-order valence-corrected chi connectivity index (χ2v) is 9.02. The number of hydrogen-bond acceptors (Lipinski definition) is 5. The molecule has 3 aliphatic rings. The molecule has 0 bridgehead atoms. The van der Waals surface area contributed by atoms with Crippen LogP contribution in [0, 0.1) is 5.92 Å². The molecule has 3 fully saturated rings. The van der Waals surface area contributed by atoms with E-state index in [0.29, 0.717) is 37.0 Å². The number of imide groups is 1. The van der Waals surface area contributed by atoms with Gasteiger partial charge in [0.25, 0.3) is 5.91 Å². The molecule has 0 aromatic heterocycles. The molecule has 1 unspecified atom stereocenters. The molecule has 3 amide bonds. The number of rotatable bonds is 6. The van der Waals surface area contributed by atoms with Gasteiger partial charge in [-0.05, 0) is 37.1 Å². The van der Waals surface area contributed by atoms with E-state index in [1.807, 2.05) is 0 Å². The Balaban J connectivity index is 1.52. The molecule has 1 saturated carbocycles. The van der Waals surface area contributed by atoms with Crippen LogP contribution in [0.1, 0.15) is 38.5 Å². The van der Waals surface area contributed by atoms with Gasteiger partial charge in [-0.25, -0.2) is 4.90 Å². The molecule has 2 heterocycles. The molecule has 4 rings (SSSR count). The molecule has 0 radical (unpaired) electrons. The lowest BCUT2D eigenvalue weighted by molar-refractivity contribution is -0.143. The normalized spacial score (nSPS) is 23.4. The van der Waals surface area contributed by atoms with Gasteiger partial charge in [0.15, 0.2) is 0 Å². The Morgan fingerprint density at radius 3 is 2.42 bits per heavy atom. The van der Waals surface area contributed by atoms with Crippen LogP contribution in [0.3, 0.4) is 0 Å². The van der Waals surface area contributed by atoms with Crippen molar-refractivity contribution in [2.24, 2.45) is 5.92 Å². The van der Waals surface area contributed by atoms with Gasteiger partial charge in [-0.3, -0.25) is 19.3 Å². The lowest BCUT2D eigenvalue weighted by atomic mass is 9.88. The van der Waals surface area contributed by atoms with Gasteiger partial charge in [-0.1, -0.05) is 30.9 Å². The quantitative estimate of drug-likeness (QED) is 0.627. The van der Waals surface area contributed by atoms with Crippen LogP contribution in [0.2, 0.25) is 5.02 Å². The number of amides is 3. The highest BCUT2D eigenvalue weighted by atomic mass is 35.5. The van der Waals surface area contributed by atoms with Crippen molar-refractivity contribution in [2.75, 3.05) is 44.3 Å². The van der Waals surface area contributed by atoms with Gasteiger partial charge in [0.1, 0.15) is 6.04 Å². The third kappa shape index (κ3) is 5.10. The summed E-state index contributed by atoms with van der Waals surface area (Å²) in [6.45, 7) is 4.14. The summed E-state index contributed by atoms with van der Waals surface area (Å²) < 4.78 is 5.41. The molecule has 0 N–H and O–H groups in total. The number of morpholine rings is 1. The van der Waals surface area contributed by atoms with Crippen LogP contribution in [0.25, 0.3) is 0 Å².